The highest BCUT2D eigenvalue weighted by Crippen LogP contribution is 2.56. The lowest BCUT2D eigenvalue weighted by molar-refractivity contribution is -0.384. The van der Waals surface area contributed by atoms with E-state index in [2.05, 4.69) is 10.0 Å². The van der Waals surface area contributed by atoms with Crippen molar-refractivity contribution in [1.29, 1.82) is 0 Å². The zero-order valence-electron chi connectivity index (χ0n) is 16.8. The van der Waals surface area contributed by atoms with E-state index in [1.165, 1.54) is 31.4 Å². The lowest BCUT2D eigenvalue weighted by Gasteiger charge is -2.57. The number of carbonyl (C=O) groups excluding carboxylic acids is 1. The second kappa shape index (κ2) is 6.75. The number of nitro groups is 1. The highest BCUT2D eigenvalue weighted by molar-refractivity contribution is 7.89. The molecule has 8 nitrogen and oxygen atoms in total. The van der Waals surface area contributed by atoms with Crippen molar-refractivity contribution in [2.24, 2.45) is 17.8 Å². The molecule has 0 unspecified atom stereocenters. The third-order valence-corrected chi connectivity index (χ3v) is 9.30. The summed E-state index contributed by atoms with van der Waals surface area (Å²) in [7, 11) is -3.97. The van der Waals surface area contributed by atoms with Crippen molar-refractivity contribution in [2.75, 3.05) is 0 Å². The molecule has 1 aromatic carbocycles. The lowest BCUT2D eigenvalue weighted by Crippen LogP contribution is -2.68. The second-order valence-corrected chi connectivity index (χ2v) is 11.6. The Morgan fingerprint density at radius 2 is 1.53 bits per heavy atom. The third kappa shape index (κ3) is 3.32. The molecule has 0 spiro atoms. The Hall–Kier alpha value is -2.00. The maximum Gasteiger partial charge on any atom is 0.269 e. The molecule has 0 aliphatic heterocycles. The molecule has 4 bridgehead atoms. The molecule has 5 fully saturated rings. The normalized spacial score (nSPS) is 33.7. The van der Waals surface area contributed by atoms with Crippen molar-refractivity contribution in [1.82, 2.24) is 10.0 Å². The molecule has 1 amide bonds. The van der Waals surface area contributed by atoms with Gasteiger partial charge in [0.15, 0.2) is 0 Å². The number of hydrogen-bond acceptors (Lipinski definition) is 5. The van der Waals surface area contributed by atoms with Crippen LogP contribution in [0.1, 0.15) is 57.8 Å². The van der Waals surface area contributed by atoms with Gasteiger partial charge in [0.05, 0.1) is 9.82 Å². The van der Waals surface area contributed by atoms with Crippen molar-refractivity contribution in [2.45, 2.75) is 73.8 Å². The highest BCUT2D eigenvalue weighted by atomic mass is 32.2. The smallest absolute Gasteiger partial charge is 0.269 e. The lowest BCUT2D eigenvalue weighted by atomic mass is 9.53. The van der Waals surface area contributed by atoms with Gasteiger partial charge in [-0.25, -0.2) is 8.42 Å². The standard InChI is InChI=1S/C21H27N3O5S/c25-19(22-20-11-14-8-15(12-20)10-16(9-14)13-20)21(6-1-7-21)23-30(28,29)18-4-2-17(3-5-18)24(26)27/h2-5,14-16,23H,1,6-13H2,(H,22,25). The maximum atomic E-state index is 13.4. The minimum Gasteiger partial charge on any atom is -0.349 e. The molecule has 2 N–H and O–H groups in total. The zero-order chi connectivity index (χ0) is 21.1. The van der Waals surface area contributed by atoms with E-state index in [1.54, 1.807) is 0 Å². The van der Waals surface area contributed by atoms with Gasteiger partial charge in [-0.05, 0) is 87.7 Å². The summed E-state index contributed by atoms with van der Waals surface area (Å²) in [5, 5.41) is 14.1. The number of nitro benzene ring substituents is 1. The SMILES string of the molecule is O=C(NC12CC3CC(CC(C3)C1)C2)C1(NS(=O)(=O)c2ccc([N+](=O)[O-])cc2)CCC1. The zero-order valence-corrected chi connectivity index (χ0v) is 17.6. The number of hydrogen-bond donors (Lipinski definition) is 2. The van der Waals surface area contributed by atoms with Gasteiger partial charge in [0.25, 0.3) is 5.69 Å². The van der Waals surface area contributed by atoms with Crippen LogP contribution in [0.3, 0.4) is 0 Å². The highest BCUT2D eigenvalue weighted by Gasteiger charge is 2.55. The Labute approximate surface area is 176 Å². The van der Waals surface area contributed by atoms with Crippen molar-refractivity contribution < 1.29 is 18.1 Å². The molecule has 30 heavy (non-hydrogen) atoms. The van der Waals surface area contributed by atoms with Gasteiger partial charge in [-0.1, -0.05) is 0 Å². The Bertz CT molecular complexity index is 949. The van der Waals surface area contributed by atoms with Crippen molar-refractivity contribution >= 4 is 21.6 Å². The average Bonchev–Trinajstić information content (AvgIpc) is 2.63. The second-order valence-electron chi connectivity index (χ2n) is 9.94. The monoisotopic (exact) mass is 433 g/mol. The van der Waals surface area contributed by atoms with E-state index in [1.807, 2.05) is 0 Å². The molecule has 0 aromatic heterocycles. The van der Waals surface area contributed by atoms with Crippen LogP contribution in [-0.4, -0.2) is 30.3 Å². The molecule has 162 valence electrons. The summed E-state index contributed by atoms with van der Waals surface area (Å²) in [5.74, 6) is 1.85. The quantitative estimate of drug-likeness (QED) is 0.528. The Balaban J connectivity index is 1.34. The number of nitrogens with zero attached hydrogens (tertiary/aromatic N) is 1. The minimum atomic E-state index is -3.97. The predicted molar refractivity (Wildman–Crippen MR) is 109 cm³/mol. The molecule has 1 aromatic rings. The summed E-state index contributed by atoms with van der Waals surface area (Å²) in [5.41, 5.74) is -1.47. The number of amides is 1. The van der Waals surface area contributed by atoms with E-state index >= 15 is 0 Å². The van der Waals surface area contributed by atoms with Gasteiger partial charge in [0.2, 0.25) is 15.9 Å². The number of benzene rings is 1. The molecule has 0 saturated heterocycles. The average molecular weight is 434 g/mol. The van der Waals surface area contributed by atoms with Crippen LogP contribution in [0.15, 0.2) is 29.2 Å². The predicted octanol–water partition coefficient (Wildman–Crippen LogP) is 2.88. The van der Waals surface area contributed by atoms with Crippen LogP contribution < -0.4 is 10.0 Å². The molecule has 0 heterocycles. The molecule has 0 atom stereocenters. The topological polar surface area (TPSA) is 118 Å². The fraction of sp³-hybridized carbons (Fsp3) is 0.667. The van der Waals surface area contributed by atoms with Crippen LogP contribution >= 0.6 is 0 Å². The molecule has 5 aliphatic carbocycles. The molecule has 5 saturated carbocycles. The number of non-ortho nitro benzene ring substituents is 1. The minimum absolute atomic E-state index is 0.0676. The van der Waals surface area contributed by atoms with Gasteiger partial charge < -0.3 is 5.32 Å². The molecular formula is C21H27N3O5S. The van der Waals surface area contributed by atoms with E-state index in [4.69, 9.17) is 0 Å². The van der Waals surface area contributed by atoms with E-state index in [9.17, 15) is 23.3 Å². The Morgan fingerprint density at radius 1 is 1.00 bits per heavy atom. The van der Waals surface area contributed by atoms with Gasteiger partial charge in [0, 0.05) is 17.7 Å². The van der Waals surface area contributed by atoms with Crippen molar-refractivity contribution in [3.8, 4) is 0 Å². The van der Waals surface area contributed by atoms with Crippen molar-refractivity contribution in [3.05, 3.63) is 34.4 Å². The van der Waals surface area contributed by atoms with Crippen LogP contribution in [0.4, 0.5) is 5.69 Å². The van der Waals surface area contributed by atoms with Gasteiger partial charge >= 0.3 is 0 Å². The fourth-order valence-corrected chi connectivity index (χ4v) is 8.02. The Morgan fingerprint density at radius 3 is 1.97 bits per heavy atom. The number of carbonyl (C=O) groups is 1. The summed E-state index contributed by atoms with van der Waals surface area (Å²) in [6.07, 6.45) is 8.57. The van der Waals surface area contributed by atoms with E-state index in [-0.39, 0.29) is 22.0 Å². The van der Waals surface area contributed by atoms with Crippen LogP contribution in [0.5, 0.6) is 0 Å². The van der Waals surface area contributed by atoms with Crippen LogP contribution in [-0.2, 0) is 14.8 Å². The number of rotatable bonds is 6. The van der Waals surface area contributed by atoms with E-state index < -0.39 is 20.5 Å². The summed E-state index contributed by atoms with van der Waals surface area (Å²) < 4.78 is 28.5. The van der Waals surface area contributed by atoms with Gasteiger partial charge in [0.1, 0.15) is 5.54 Å². The molecular weight excluding hydrogens is 406 g/mol. The summed E-state index contributed by atoms with van der Waals surface area (Å²) >= 11 is 0. The molecule has 0 radical (unpaired) electrons. The van der Waals surface area contributed by atoms with E-state index in [0.717, 1.165) is 37.8 Å². The summed E-state index contributed by atoms with van der Waals surface area (Å²) in [6, 6.07) is 4.75. The number of nitrogens with one attached hydrogen (secondary N) is 2. The first kappa shape index (κ1) is 19.9. The maximum absolute atomic E-state index is 13.4. The summed E-state index contributed by atoms with van der Waals surface area (Å²) in [6.45, 7) is 0. The van der Waals surface area contributed by atoms with Crippen LogP contribution in [0.2, 0.25) is 0 Å². The Kier molecular flexibility index (Phi) is 4.49. The van der Waals surface area contributed by atoms with E-state index in [0.29, 0.717) is 30.6 Å². The third-order valence-electron chi connectivity index (χ3n) is 7.75. The fourth-order valence-electron chi connectivity index (χ4n) is 6.59. The van der Waals surface area contributed by atoms with Gasteiger partial charge in [-0.2, -0.15) is 4.72 Å². The molecule has 6 rings (SSSR count). The molecule has 5 aliphatic rings. The largest absolute Gasteiger partial charge is 0.349 e. The van der Waals surface area contributed by atoms with Gasteiger partial charge in [-0.15, -0.1) is 0 Å². The van der Waals surface area contributed by atoms with Gasteiger partial charge in [-0.3, -0.25) is 14.9 Å². The summed E-state index contributed by atoms with van der Waals surface area (Å²) in [4.78, 5) is 23.5. The number of sulfonamides is 1. The first-order valence-electron chi connectivity index (χ1n) is 10.8. The van der Waals surface area contributed by atoms with Crippen LogP contribution in [0.25, 0.3) is 0 Å². The first-order valence-corrected chi connectivity index (χ1v) is 12.3. The van der Waals surface area contributed by atoms with Crippen LogP contribution in [0, 0.1) is 27.9 Å². The van der Waals surface area contributed by atoms with Crippen molar-refractivity contribution in [3.63, 3.8) is 0 Å². The molecule has 9 heteroatoms. The first-order chi connectivity index (χ1) is 14.2.